The summed E-state index contributed by atoms with van der Waals surface area (Å²) >= 11 is 0. The van der Waals surface area contributed by atoms with Crippen molar-refractivity contribution in [2.75, 3.05) is 63.1 Å². The van der Waals surface area contributed by atoms with Crippen LogP contribution in [0.2, 0.25) is 0 Å². The molecule has 354 valence electrons. The Kier molecular flexibility index (Phi) is 16.3. The Hall–Kier alpha value is -6.63. The number of Topliss-reactive ketones (excluding diaryl/α,β-unsaturated/α-hetero) is 1. The standard InChI is InChI=1S/C47H59FN8O10/c1-28(2)40(52-37(58)10-6-5-7-18-55-38(59)15-16-39(55)60)36(57)23-31(9-8-17-50-47(49)64)45(62)51-32-13-11-30(12-14-32)27-66-46(63)34-25-56-29(3)26-65-44-41(56)33(43(34)61)24-35(48)42(44)54-21-19-53(4)20-22-54/h11-16,24-25,28-29,31,40H,5-10,17-23,26-27H2,1-4H3,(H,51,62)(H,52,58)(H3,49,50,64)/t29?,31-,40+/m1/s1. The predicted molar refractivity (Wildman–Crippen MR) is 243 cm³/mol. The molecule has 3 aliphatic heterocycles. The molecule has 5 N–H and O–H groups in total. The Morgan fingerprint density at radius 2 is 1.65 bits per heavy atom. The van der Waals surface area contributed by atoms with Crippen molar-refractivity contribution in [1.29, 1.82) is 0 Å². The van der Waals surface area contributed by atoms with Crippen molar-refractivity contribution in [3.05, 3.63) is 75.8 Å². The van der Waals surface area contributed by atoms with Crippen molar-refractivity contribution < 1.29 is 47.4 Å². The number of unbranched alkanes of at least 4 members (excludes halogenated alkanes) is 2. The summed E-state index contributed by atoms with van der Waals surface area (Å²) in [6, 6.07) is 5.78. The van der Waals surface area contributed by atoms with Gasteiger partial charge in [-0.15, -0.1) is 0 Å². The number of carbonyl (C=O) groups excluding carboxylic acids is 7. The van der Waals surface area contributed by atoms with Gasteiger partial charge in [-0.25, -0.2) is 14.0 Å². The molecule has 1 unspecified atom stereocenters. The molecule has 0 bridgehead atoms. The maximum Gasteiger partial charge on any atom is 0.343 e. The molecule has 0 spiro atoms. The highest BCUT2D eigenvalue weighted by Gasteiger charge is 2.33. The first-order valence-electron chi connectivity index (χ1n) is 22.5. The lowest BCUT2D eigenvalue weighted by Gasteiger charge is -2.37. The molecule has 6 amide bonds. The summed E-state index contributed by atoms with van der Waals surface area (Å²) in [5.74, 6) is -4.17. The number of piperazine rings is 1. The SMILES string of the molecule is CC(C)[C@H](NC(=O)CCCCCN1C(=O)C=CC1=O)C(=O)C[C@@H](CCCNC(N)=O)C(=O)Nc1ccc(COC(=O)c2cn3c4c(c(N5CCN(C)CC5)c(F)cc4c2=O)OCC3C)cc1. The molecule has 19 heteroatoms. The van der Waals surface area contributed by atoms with Crippen LogP contribution >= 0.6 is 0 Å². The summed E-state index contributed by atoms with van der Waals surface area (Å²) in [5, 5.41) is 8.15. The minimum absolute atomic E-state index is 0.0183. The second-order valence-corrected chi connectivity index (χ2v) is 17.5. The van der Waals surface area contributed by atoms with Crippen LogP contribution in [0, 0.1) is 17.7 Å². The zero-order valence-corrected chi connectivity index (χ0v) is 37.9. The van der Waals surface area contributed by atoms with Crippen molar-refractivity contribution in [1.82, 2.24) is 25.0 Å². The molecule has 4 heterocycles. The smallest absolute Gasteiger partial charge is 0.343 e. The van der Waals surface area contributed by atoms with Gasteiger partial charge in [0.2, 0.25) is 17.2 Å². The van der Waals surface area contributed by atoms with E-state index in [1.54, 1.807) is 42.7 Å². The number of nitrogens with two attached hydrogens (primary N) is 1. The average molecular weight is 915 g/mol. The zero-order chi connectivity index (χ0) is 47.7. The van der Waals surface area contributed by atoms with Crippen molar-refractivity contribution >= 4 is 63.7 Å². The molecule has 6 rings (SSSR count). The first-order chi connectivity index (χ1) is 31.5. The number of pyridine rings is 1. The number of carbonyl (C=O) groups is 7. The van der Waals surface area contributed by atoms with Crippen LogP contribution in [-0.2, 0) is 35.3 Å². The van der Waals surface area contributed by atoms with Gasteiger partial charge in [0.15, 0.2) is 17.3 Å². The number of benzene rings is 2. The Balaban J connectivity index is 1.06. The number of ketones is 1. The van der Waals surface area contributed by atoms with Gasteiger partial charge in [-0.3, -0.25) is 33.7 Å². The number of imide groups is 1. The number of nitrogens with one attached hydrogen (secondary N) is 3. The van der Waals surface area contributed by atoms with Gasteiger partial charge in [0.25, 0.3) is 11.8 Å². The van der Waals surface area contributed by atoms with Gasteiger partial charge in [0.05, 0.1) is 23.0 Å². The highest BCUT2D eigenvalue weighted by molar-refractivity contribution is 6.12. The third-order valence-corrected chi connectivity index (χ3v) is 12.1. The Morgan fingerprint density at radius 1 is 0.955 bits per heavy atom. The van der Waals surface area contributed by atoms with E-state index in [0.717, 1.165) is 18.0 Å². The molecule has 1 fully saturated rings. The summed E-state index contributed by atoms with van der Waals surface area (Å²) in [7, 11) is 2.00. The molecule has 3 atom stereocenters. The lowest BCUT2D eigenvalue weighted by Crippen LogP contribution is -2.45. The van der Waals surface area contributed by atoms with E-state index in [0.29, 0.717) is 61.2 Å². The summed E-state index contributed by atoms with van der Waals surface area (Å²) < 4.78 is 29.2. The number of primary amides is 1. The van der Waals surface area contributed by atoms with E-state index in [-0.39, 0.29) is 97.7 Å². The highest BCUT2D eigenvalue weighted by atomic mass is 19.1. The topological polar surface area (TPSA) is 232 Å². The van der Waals surface area contributed by atoms with E-state index in [4.69, 9.17) is 15.2 Å². The van der Waals surface area contributed by atoms with Gasteiger partial charge in [0, 0.05) is 82.1 Å². The van der Waals surface area contributed by atoms with Gasteiger partial charge >= 0.3 is 12.0 Å². The summed E-state index contributed by atoms with van der Waals surface area (Å²) in [5.41, 5.74) is 5.96. The van der Waals surface area contributed by atoms with E-state index in [1.807, 2.05) is 18.9 Å². The molecular weight excluding hydrogens is 856 g/mol. The Morgan fingerprint density at radius 3 is 2.32 bits per heavy atom. The Bertz CT molecular complexity index is 2410. The number of amides is 6. The van der Waals surface area contributed by atoms with Crippen molar-refractivity contribution in [2.45, 2.75) is 84.4 Å². The van der Waals surface area contributed by atoms with Crippen LogP contribution in [0.15, 0.2) is 53.5 Å². The molecule has 66 heavy (non-hydrogen) atoms. The number of rotatable bonds is 21. The molecule has 0 saturated carbocycles. The lowest BCUT2D eigenvalue weighted by atomic mass is 9.89. The van der Waals surface area contributed by atoms with Gasteiger partial charge in [-0.1, -0.05) is 32.4 Å². The van der Waals surface area contributed by atoms with Crippen LogP contribution in [0.1, 0.15) is 87.7 Å². The van der Waals surface area contributed by atoms with E-state index in [9.17, 15) is 38.4 Å². The number of likely N-dealkylation sites (N-methyl/N-ethyl adjacent to an activating group) is 1. The van der Waals surface area contributed by atoms with Crippen LogP contribution in [0.5, 0.6) is 5.75 Å². The first kappa shape index (κ1) is 48.8. The number of anilines is 2. The average Bonchev–Trinajstić information content (AvgIpc) is 3.60. The highest BCUT2D eigenvalue weighted by Crippen LogP contribution is 2.42. The predicted octanol–water partition coefficient (Wildman–Crippen LogP) is 3.79. The van der Waals surface area contributed by atoms with Crippen molar-refractivity contribution in [3.63, 3.8) is 0 Å². The van der Waals surface area contributed by atoms with Crippen LogP contribution in [-0.4, -0.2) is 115 Å². The summed E-state index contributed by atoms with van der Waals surface area (Å²) in [6.07, 6.45) is 5.99. The number of aromatic nitrogens is 1. The lowest BCUT2D eigenvalue weighted by molar-refractivity contribution is -0.137. The monoisotopic (exact) mass is 914 g/mol. The van der Waals surface area contributed by atoms with Crippen molar-refractivity contribution in [2.24, 2.45) is 17.6 Å². The molecule has 2 aromatic carbocycles. The van der Waals surface area contributed by atoms with Gasteiger partial charge in [0.1, 0.15) is 24.5 Å². The zero-order valence-electron chi connectivity index (χ0n) is 37.9. The van der Waals surface area contributed by atoms with Crippen LogP contribution in [0.4, 0.5) is 20.6 Å². The molecule has 1 aromatic heterocycles. The minimum atomic E-state index is -0.885. The number of hydrogen-bond donors (Lipinski definition) is 4. The summed E-state index contributed by atoms with van der Waals surface area (Å²) in [4.78, 5) is 108. The maximum absolute atomic E-state index is 15.8. The normalized spacial score (nSPS) is 16.8. The van der Waals surface area contributed by atoms with Gasteiger partial charge in [-0.2, -0.15) is 0 Å². The quantitative estimate of drug-likeness (QED) is 0.0680. The fourth-order valence-corrected chi connectivity index (χ4v) is 8.34. The second-order valence-electron chi connectivity index (χ2n) is 17.5. The number of halogens is 1. The van der Waals surface area contributed by atoms with Crippen LogP contribution in [0.3, 0.4) is 0 Å². The van der Waals surface area contributed by atoms with Crippen LogP contribution in [0.25, 0.3) is 10.9 Å². The number of urea groups is 1. The molecular formula is C47H59FN8O10. The largest absolute Gasteiger partial charge is 0.487 e. The summed E-state index contributed by atoms with van der Waals surface area (Å²) in [6.45, 7) is 8.56. The molecule has 18 nitrogen and oxygen atoms in total. The maximum atomic E-state index is 15.8. The molecule has 3 aromatic rings. The van der Waals surface area contributed by atoms with Gasteiger partial charge in [-0.05, 0) is 69.3 Å². The third kappa shape index (κ3) is 12.0. The molecule has 0 aliphatic carbocycles. The third-order valence-electron chi connectivity index (χ3n) is 12.1. The molecule has 0 radical (unpaired) electrons. The molecule has 1 saturated heterocycles. The minimum Gasteiger partial charge on any atom is -0.487 e. The van der Waals surface area contributed by atoms with Gasteiger partial charge < -0.3 is 45.5 Å². The van der Waals surface area contributed by atoms with E-state index >= 15 is 4.39 Å². The van der Waals surface area contributed by atoms with E-state index in [2.05, 4.69) is 20.9 Å². The van der Waals surface area contributed by atoms with Crippen LogP contribution < -0.4 is 36.7 Å². The fraction of sp³-hybridized carbons (Fsp3) is 0.489. The van der Waals surface area contributed by atoms with E-state index in [1.165, 1.54) is 24.4 Å². The fourth-order valence-electron chi connectivity index (χ4n) is 8.34. The Labute approximate surface area is 382 Å². The number of hydrogen-bond acceptors (Lipinski definition) is 12. The number of nitrogens with zero attached hydrogens (tertiary/aromatic N) is 4. The second kappa shape index (κ2) is 22.0. The van der Waals surface area contributed by atoms with Crippen molar-refractivity contribution in [3.8, 4) is 5.75 Å². The number of ether oxygens (including phenoxy) is 2. The molecule has 3 aliphatic rings. The van der Waals surface area contributed by atoms with E-state index < -0.39 is 41.1 Å². The first-order valence-corrected chi connectivity index (χ1v) is 22.5. The number of esters is 1.